The monoisotopic (exact) mass is 355 g/mol. The average molecular weight is 356 g/mol. The smallest absolute Gasteiger partial charge is 0.238 e. The predicted molar refractivity (Wildman–Crippen MR) is 88.1 cm³/mol. The zero-order chi connectivity index (χ0) is 15.8. The molecule has 0 bridgehead atoms. The Morgan fingerprint density at radius 1 is 1.19 bits per heavy atom. The van der Waals surface area contributed by atoms with Crippen LogP contribution in [0.2, 0.25) is 0 Å². The van der Waals surface area contributed by atoms with Crippen molar-refractivity contribution in [2.75, 3.05) is 18.4 Å². The van der Waals surface area contributed by atoms with E-state index in [2.05, 4.69) is 31.9 Å². The van der Waals surface area contributed by atoms with E-state index in [9.17, 15) is 9.59 Å². The van der Waals surface area contributed by atoms with E-state index in [-0.39, 0.29) is 18.4 Å². The first-order chi connectivity index (χ1) is 9.90. The first kappa shape index (κ1) is 17.7. The van der Waals surface area contributed by atoms with E-state index < -0.39 is 6.04 Å². The first-order valence-corrected chi connectivity index (χ1v) is 7.75. The fourth-order valence-corrected chi connectivity index (χ4v) is 1.94. The van der Waals surface area contributed by atoms with Gasteiger partial charge in [-0.05, 0) is 40.9 Å². The van der Waals surface area contributed by atoms with Gasteiger partial charge in [-0.25, -0.2) is 0 Å². The molecular formula is C15H22BrN3O2. The number of hydrogen-bond donors (Lipinski definition) is 3. The summed E-state index contributed by atoms with van der Waals surface area (Å²) in [5.41, 5.74) is 0.709. The van der Waals surface area contributed by atoms with Crippen LogP contribution >= 0.6 is 15.9 Å². The summed E-state index contributed by atoms with van der Waals surface area (Å²) in [6.45, 7) is 6.51. The Morgan fingerprint density at radius 3 is 2.48 bits per heavy atom. The van der Waals surface area contributed by atoms with Crippen LogP contribution in [0.5, 0.6) is 0 Å². The van der Waals surface area contributed by atoms with Gasteiger partial charge in [-0.15, -0.1) is 0 Å². The van der Waals surface area contributed by atoms with Crippen molar-refractivity contribution in [2.24, 2.45) is 5.92 Å². The number of carbonyl (C=O) groups excluding carboxylic acids is 2. The van der Waals surface area contributed by atoms with Gasteiger partial charge in [0.1, 0.15) is 0 Å². The SMILES string of the molecule is CC(C)CNC(=O)C(C)NCC(=O)Nc1ccccc1Br. The van der Waals surface area contributed by atoms with Gasteiger partial charge >= 0.3 is 0 Å². The Bertz CT molecular complexity index is 492. The number of benzene rings is 1. The molecule has 1 aromatic carbocycles. The normalized spacial score (nSPS) is 12.0. The van der Waals surface area contributed by atoms with Gasteiger partial charge in [0.25, 0.3) is 0 Å². The third-order valence-electron chi connectivity index (χ3n) is 2.79. The average Bonchev–Trinajstić information content (AvgIpc) is 2.44. The van der Waals surface area contributed by atoms with Crippen LogP contribution in [-0.4, -0.2) is 30.9 Å². The second kappa shape index (κ2) is 8.79. The first-order valence-electron chi connectivity index (χ1n) is 6.95. The van der Waals surface area contributed by atoms with Crippen molar-refractivity contribution in [3.8, 4) is 0 Å². The van der Waals surface area contributed by atoms with E-state index in [0.29, 0.717) is 18.2 Å². The van der Waals surface area contributed by atoms with Gasteiger partial charge in [-0.1, -0.05) is 26.0 Å². The summed E-state index contributed by atoms with van der Waals surface area (Å²) in [5, 5.41) is 8.50. The molecule has 1 unspecified atom stereocenters. The van der Waals surface area contributed by atoms with Gasteiger partial charge in [-0.2, -0.15) is 0 Å². The summed E-state index contributed by atoms with van der Waals surface area (Å²) in [6, 6.07) is 6.97. The zero-order valence-electron chi connectivity index (χ0n) is 12.6. The molecule has 3 N–H and O–H groups in total. The molecule has 1 rings (SSSR count). The molecule has 0 aromatic heterocycles. The number of halogens is 1. The molecule has 2 amide bonds. The third kappa shape index (κ3) is 6.73. The second-order valence-corrected chi connectivity index (χ2v) is 6.12. The molecule has 116 valence electrons. The lowest BCUT2D eigenvalue weighted by atomic mass is 10.2. The minimum Gasteiger partial charge on any atom is -0.354 e. The maximum Gasteiger partial charge on any atom is 0.238 e. The molecule has 21 heavy (non-hydrogen) atoms. The summed E-state index contributed by atoms with van der Waals surface area (Å²) in [6.07, 6.45) is 0. The van der Waals surface area contributed by atoms with Gasteiger partial charge < -0.3 is 10.6 Å². The maximum atomic E-state index is 11.8. The van der Waals surface area contributed by atoms with Crippen molar-refractivity contribution in [1.82, 2.24) is 10.6 Å². The Morgan fingerprint density at radius 2 is 1.86 bits per heavy atom. The van der Waals surface area contributed by atoms with Crippen LogP contribution in [0.3, 0.4) is 0 Å². The summed E-state index contributed by atoms with van der Waals surface area (Å²) >= 11 is 3.36. The fourth-order valence-electron chi connectivity index (χ4n) is 1.55. The van der Waals surface area contributed by atoms with Crippen molar-refractivity contribution in [3.63, 3.8) is 0 Å². The van der Waals surface area contributed by atoms with E-state index in [1.807, 2.05) is 32.0 Å². The van der Waals surface area contributed by atoms with E-state index in [4.69, 9.17) is 0 Å². The molecule has 0 spiro atoms. The Kier molecular flexibility index (Phi) is 7.39. The van der Waals surface area contributed by atoms with Crippen LogP contribution in [0.4, 0.5) is 5.69 Å². The van der Waals surface area contributed by atoms with E-state index in [1.165, 1.54) is 0 Å². The third-order valence-corrected chi connectivity index (χ3v) is 3.49. The molecular weight excluding hydrogens is 334 g/mol. The largest absolute Gasteiger partial charge is 0.354 e. The molecule has 0 radical (unpaired) electrons. The molecule has 1 aromatic rings. The molecule has 0 aliphatic rings. The topological polar surface area (TPSA) is 70.2 Å². The highest BCUT2D eigenvalue weighted by molar-refractivity contribution is 9.10. The molecule has 6 heteroatoms. The lowest BCUT2D eigenvalue weighted by Gasteiger charge is -2.15. The number of nitrogens with one attached hydrogen (secondary N) is 3. The van der Waals surface area contributed by atoms with Crippen LogP contribution < -0.4 is 16.0 Å². The number of carbonyl (C=O) groups is 2. The van der Waals surface area contributed by atoms with Crippen LogP contribution in [0, 0.1) is 5.92 Å². The number of anilines is 1. The van der Waals surface area contributed by atoms with Crippen molar-refractivity contribution in [2.45, 2.75) is 26.8 Å². The molecule has 0 saturated carbocycles. The number of amides is 2. The zero-order valence-corrected chi connectivity index (χ0v) is 14.2. The van der Waals surface area contributed by atoms with Gasteiger partial charge in [0.15, 0.2) is 0 Å². The predicted octanol–water partition coefficient (Wildman–Crippen LogP) is 2.14. The van der Waals surface area contributed by atoms with Gasteiger partial charge in [0.05, 0.1) is 18.3 Å². The van der Waals surface area contributed by atoms with Gasteiger partial charge in [-0.3, -0.25) is 14.9 Å². The molecule has 0 aliphatic carbocycles. The van der Waals surface area contributed by atoms with Crippen molar-refractivity contribution in [3.05, 3.63) is 28.7 Å². The molecule has 0 heterocycles. The molecule has 5 nitrogen and oxygen atoms in total. The van der Waals surface area contributed by atoms with E-state index in [1.54, 1.807) is 13.0 Å². The lowest BCUT2D eigenvalue weighted by molar-refractivity contribution is -0.123. The Balaban J connectivity index is 2.36. The minimum atomic E-state index is -0.409. The number of para-hydroxylation sites is 1. The quantitative estimate of drug-likeness (QED) is 0.701. The summed E-state index contributed by atoms with van der Waals surface area (Å²) in [5.74, 6) is 0.114. The highest BCUT2D eigenvalue weighted by Crippen LogP contribution is 2.20. The van der Waals surface area contributed by atoms with Crippen LogP contribution in [0.1, 0.15) is 20.8 Å². The molecule has 1 atom stereocenters. The van der Waals surface area contributed by atoms with Crippen LogP contribution in [0.15, 0.2) is 28.7 Å². The Labute approximate surface area is 134 Å². The van der Waals surface area contributed by atoms with Gasteiger partial charge in [0.2, 0.25) is 11.8 Å². The molecule has 0 aliphatic heterocycles. The maximum absolute atomic E-state index is 11.8. The number of hydrogen-bond acceptors (Lipinski definition) is 3. The van der Waals surface area contributed by atoms with Crippen molar-refractivity contribution < 1.29 is 9.59 Å². The summed E-state index contributed by atoms with van der Waals surface area (Å²) in [4.78, 5) is 23.6. The second-order valence-electron chi connectivity index (χ2n) is 5.27. The highest BCUT2D eigenvalue weighted by Gasteiger charge is 2.14. The van der Waals surface area contributed by atoms with Crippen molar-refractivity contribution >= 4 is 33.4 Å². The van der Waals surface area contributed by atoms with E-state index >= 15 is 0 Å². The van der Waals surface area contributed by atoms with Crippen molar-refractivity contribution in [1.29, 1.82) is 0 Å². The Hall–Kier alpha value is -1.40. The van der Waals surface area contributed by atoms with Crippen LogP contribution in [-0.2, 0) is 9.59 Å². The highest BCUT2D eigenvalue weighted by atomic mass is 79.9. The summed E-state index contributed by atoms with van der Waals surface area (Å²) < 4.78 is 0.820. The lowest BCUT2D eigenvalue weighted by Crippen LogP contribution is -2.45. The summed E-state index contributed by atoms with van der Waals surface area (Å²) in [7, 11) is 0. The molecule has 0 saturated heterocycles. The van der Waals surface area contributed by atoms with E-state index in [0.717, 1.165) is 4.47 Å². The van der Waals surface area contributed by atoms with Gasteiger partial charge in [0, 0.05) is 11.0 Å². The number of rotatable bonds is 7. The van der Waals surface area contributed by atoms with Crippen LogP contribution in [0.25, 0.3) is 0 Å². The molecule has 0 fully saturated rings. The standard InChI is InChI=1S/C15H22BrN3O2/c1-10(2)8-18-15(21)11(3)17-9-14(20)19-13-7-5-4-6-12(13)16/h4-7,10-11,17H,8-9H2,1-3H3,(H,18,21)(H,19,20). The fraction of sp³-hybridized carbons (Fsp3) is 0.467. The minimum absolute atomic E-state index is 0.0810.